The van der Waals surface area contributed by atoms with Crippen molar-refractivity contribution in [3.8, 4) is 0 Å². The van der Waals surface area contributed by atoms with Gasteiger partial charge in [0.15, 0.2) is 5.82 Å². The van der Waals surface area contributed by atoms with E-state index in [2.05, 4.69) is 20.9 Å². The highest BCUT2D eigenvalue weighted by molar-refractivity contribution is 9.10. The van der Waals surface area contributed by atoms with Gasteiger partial charge in [0.05, 0.1) is 12.6 Å². The zero-order chi connectivity index (χ0) is 10.3. The summed E-state index contributed by atoms with van der Waals surface area (Å²) in [5, 5.41) is 9.07. The number of fused-ring (bicyclic) bond motifs is 1. The Balaban J connectivity index is 2.41. The summed E-state index contributed by atoms with van der Waals surface area (Å²) in [7, 11) is 1.68. The third-order valence-electron chi connectivity index (χ3n) is 2.42. The number of hydrogen-bond acceptors (Lipinski definition) is 3. The molecule has 76 valence electrons. The molecular formula is C8H10BrN3O2. The second-order valence-electron chi connectivity index (χ2n) is 3.29. The summed E-state index contributed by atoms with van der Waals surface area (Å²) < 4.78 is 2.40. The predicted octanol–water partition coefficient (Wildman–Crippen LogP) is 0.0921. The standard InChI is InChI=1S/C8H10BrN3O2/c1-11-5(4-13)2-12-3-6(9)10-7(12)8(11)14/h3,5,13H,2,4H2,1H3. The first kappa shape index (κ1) is 9.67. The van der Waals surface area contributed by atoms with Crippen LogP contribution in [0.2, 0.25) is 0 Å². The van der Waals surface area contributed by atoms with Crippen molar-refractivity contribution in [2.24, 2.45) is 0 Å². The number of hydrogen-bond donors (Lipinski definition) is 1. The number of rotatable bonds is 1. The van der Waals surface area contributed by atoms with Gasteiger partial charge in [-0.1, -0.05) is 0 Å². The highest BCUT2D eigenvalue weighted by Gasteiger charge is 2.30. The Kier molecular flexibility index (Phi) is 2.32. The lowest BCUT2D eigenvalue weighted by atomic mass is 10.2. The lowest BCUT2D eigenvalue weighted by Crippen LogP contribution is -2.47. The molecule has 14 heavy (non-hydrogen) atoms. The highest BCUT2D eigenvalue weighted by Crippen LogP contribution is 2.18. The van der Waals surface area contributed by atoms with Crippen LogP contribution in [0, 0.1) is 0 Å². The van der Waals surface area contributed by atoms with Gasteiger partial charge < -0.3 is 14.6 Å². The Morgan fingerprint density at radius 2 is 2.50 bits per heavy atom. The van der Waals surface area contributed by atoms with Crippen LogP contribution in [0.5, 0.6) is 0 Å². The summed E-state index contributed by atoms with van der Waals surface area (Å²) in [6.45, 7) is 0.560. The van der Waals surface area contributed by atoms with E-state index in [1.165, 1.54) is 4.90 Å². The first-order valence-electron chi connectivity index (χ1n) is 4.24. The summed E-state index contributed by atoms with van der Waals surface area (Å²) in [4.78, 5) is 17.3. The first-order valence-corrected chi connectivity index (χ1v) is 5.03. The maximum Gasteiger partial charge on any atom is 0.290 e. The number of nitrogens with zero attached hydrogens (tertiary/aromatic N) is 3. The molecule has 2 heterocycles. The van der Waals surface area contributed by atoms with Gasteiger partial charge in [-0.05, 0) is 15.9 Å². The van der Waals surface area contributed by atoms with E-state index in [1.54, 1.807) is 17.8 Å². The molecule has 0 saturated heterocycles. The van der Waals surface area contributed by atoms with Gasteiger partial charge in [0.25, 0.3) is 5.91 Å². The average Bonchev–Trinajstić information content (AvgIpc) is 2.52. The van der Waals surface area contributed by atoms with E-state index in [-0.39, 0.29) is 18.6 Å². The monoisotopic (exact) mass is 259 g/mol. The van der Waals surface area contributed by atoms with Crippen molar-refractivity contribution in [2.45, 2.75) is 12.6 Å². The van der Waals surface area contributed by atoms with E-state index in [0.717, 1.165) is 0 Å². The van der Waals surface area contributed by atoms with E-state index in [0.29, 0.717) is 17.0 Å². The Labute approximate surface area is 89.5 Å². The van der Waals surface area contributed by atoms with Crippen molar-refractivity contribution in [3.05, 3.63) is 16.6 Å². The van der Waals surface area contributed by atoms with Crippen LogP contribution in [-0.4, -0.2) is 45.2 Å². The minimum absolute atomic E-state index is 0.0303. The number of likely N-dealkylation sites (N-methyl/N-ethyl adjacent to an activating group) is 1. The minimum Gasteiger partial charge on any atom is -0.394 e. The van der Waals surface area contributed by atoms with Gasteiger partial charge in [-0.25, -0.2) is 4.98 Å². The Hall–Kier alpha value is -0.880. The van der Waals surface area contributed by atoms with Gasteiger partial charge in [-0.3, -0.25) is 4.79 Å². The van der Waals surface area contributed by atoms with Crippen LogP contribution >= 0.6 is 15.9 Å². The topological polar surface area (TPSA) is 58.4 Å². The molecule has 0 saturated carbocycles. The third-order valence-corrected chi connectivity index (χ3v) is 2.81. The molecule has 1 aliphatic heterocycles. The molecule has 2 rings (SSSR count). The van der Waals surface area contributed by atoms with Gasteiger partial charge in [0.2, 0.25) is 0 Å². The summed E-state index contributed by atoms with van der Waals surface area (Å²) in [6.07, 6.45) is 1.75. The molecule has 6 heteroatoms. The lowest BCUT2D eigenvalue weighted by Gasteiger charge is -2.31. The summed E-state index contributed by atoms with van der Waals surface area (Å²) >= 11 is 3.22. The Morgan fingerprint density at radius 3 is 3.14 bits per heavy atom. The molecule has 1 atom stereocenters. The van der Waals surface area contributed by atoms with Gasteiger partial charge >= 0.3 is 0 Å². The molecule has 0 aromatic carbocycles. The van der Waals surface area contributed by atoms with Crippen LogP contribution in [0.15, 0.2) is 10.8 Å². The Morgan fingerprint density at radius 1 is 1.79 bits per heavy atom. The van der Waals surface area contributed by atoms with E-state index < -0.39 is 0 Å². The highest BCUT2D eigenvalue weighted by atomic mass is 79.9. The van der Waals surface area contributed by atoms with Gasteiger partial charge in [0, 0.05) is 19.8 Å². The molecule has 1 unspecified atom stereocenters. The van der Waals surface area contributed by atoms with Crippen LogP contribution in [0.4, 0.5) is 0 Å². The fourth-order valence-corrected chi connectivity index (χ4v) is 1.96. The van der Waals surface area contributed by atoms with Crippen molar-refractivity contribution < 1.29 is 9.90 Å². The van der Waals surface area contributed by atoms with Crippen LogP contribution < -0.4 is 0 Å². The molecule has 0 fully saturated rings. The molecule has 1 aliphatic rings. The van der Waals surface area contributed by atoms with E-state index in [1.807, 2.05) is 0 Å². The maximum atomic E-state index is 11.7. The fraction of sp³-hybridized carbons (Fsp3) is 0.500. The van der Waals surface area contributed by atoms with Gasteiger partial charge in [-0.2, -0.15) is 0 Å². The van der Waals surface area contributed by atoms with Crippen LogP contribution in [0.25, 0.3) is 0 Å². The van der Waals surface area contributed by atoms with E-state index in [4.69, 9.17) is 5.11 Å². The number of aliphatic hydroxyl groups excluding tert-OH is 1. The minimum atomic E-state index is -0.156. The van der Waals surface area contributed by atoms with Crippen molar-refractivity contribution in [2.75, 3.05) is 13.7 Å². The molecule has 1 aromatic heterocycles. The number of imidazole rings is 1. The molecule has 0 spiro atoms. The maximum absolute atomic E-state index is 11.7. The summed E-state index contributed by atoms with van der Waals surface area (Å²) in [5.74, 6) is 0.269. The number of aromatic nitrogens is 2. The SMILES string of the molecule is CN1C(=O)c2nc(Br)cn2CC1CO. The van der Waals surface area contributed by atoms with E-state index in [9.17, 15) is 4.79 Å². The third kappa shape index (κ3) is 1.34. The zero-order valence-corrected chi connectivity index (χ0v) is 9.23. The van der Waals surface area contributed by atoms with Crippen molar-refractivity contribution >= 4 is 21.8 Å². The normalized spacial score (nSPS) is 21.2. The molecule has 0 aliphatic carbocycles. The number of aliphatic hydroxyl groups is 1. The largest absolute Gasteiger partial charge is 0.394 e. The fourth-order valence-electron chi connectivity index (χ4n) is 1.55. The molecule has 1 N–H and O–H groups in total. The van der Waals surface area contributed by atoms with Crippen LogP contribution in [0.1, 0.15) is 10.6 Å². The number of carbonyl (C=O) groups excluding carboxylic acids is 1. The van der Waals surface area contributed by atoms with Gasteiger partial charge in [-0.15, -0.1) is 0 Å². The Bertz CT molecular complexity index is 377. The van der Waals surface area contributed by atoms with Crippen molar-refractivity contribution in [1.82, 2.24) is 14.5 Å². The average molecular weight is 260 g/mol. The quantitative estimate of drug-likeness (QED) is 0.778. The van der Waals surface area contributed by atoms with Crippen molar-refractivity contribution in [1.29, 1.82) is 0 Å². The predicted molar refractivity (Wildman–Crippen MR) is 52.9 cm³/mol. The second kappa shape index (κ2) is 3.36. The first-order chi connectivity index (χ1) is 6.63. The van der Waals surface area contributed by atoms with E-state index >= 15 is 0 Å². The number of amides is 1. The molecule has 1 amide bonds. The molecule has 0 bridgehead atoms. The lowest BCUT2D eigenvalue weighted by molar-refractivity contribution is 0.0554. The molecule has 0 radical (unpaired) electrons. The molecular weight excluding hydrogens is 250 g/mol. The smallest absolute Gasteiger partial charge is 0.290 e. The van der Waals surface area contributed by atoms with Crippen LogP contribution in [0.3, 0.4) is 0 Å². The van der Waals surface area contributed by atoms with Crippen LogP contribution in [-0.2, 0) is 6.54 Å². The molecule has 5 nitrogen and oxygen atoms in total. The van der Waals surface area contributed by atoms with Gasteiger partial charge in [0.1, 0.15) is 4.60 Å². The summed E-state index contributed by atoms with van der Waals surface area (Å²) in [6, 6.07) is -0.156. The zero-order valence-electron chi connectivity index (χ0n) is 7.64. The molecule has 1 aromatic rings. The van der Waals surface area contributed by atoms with Crippen molar-refractivity contribution in [3.63, 3.8) is 0 Å². The summed E-state index contributed by atoms with van der Waals surface area (Å²) in [5.41, 5.74) is 0. The number of carbonyl (C=O) groups is 1. The second-order valence-corrected chi connectivity index (χ2v) is 4.10. The number of halogens is 1.